The first kappa shape index (κ1) is 17.4. The van der Waals surface area contributed by atoms with Crippen molar-refractivity contribution in [1.82, 2.24) is 15.5 Å². The molecule has 2 unspecified atom stereocenters. The summed E-state index contributed by atoms with van der Waals surface area (Å²) >= 11 is 0. The third-order valence-electron chi connectivity index (χ3n) is 4.57. The normalized spacial score (nSPS) is 21.8. The maximum atomic E-state index is 12.4. The number of carbonyl (C=O) groups is 1. The van der Waals surface area contributed by atoms with E-state index in [1.807, 2.05) is 6.92 Å². The van der Waals surface area contributed by atoms with Crippen molar-refractivity contribution in [3.63, 3.8) is 0 Å². The third-order valence-corrected chi connectivity index (χ3v) is 4.57. The van der Waals surface area contributed by atoms with E-state index in [0.717, 1.165) is 32.6 Å². The Hall–Kier alpha value is -0.610. The van der Waals surface area contributed by atoms with Gasteiger partial charge in [-0.15, -0.1) is 0 Å². The van der Waals surface area contributed by atoms with Crippen LogP contribution in [0.25, 0.3) is 0 Å². The van der Waals surface area contributed by atoms with Gasteiger partial charge in [0, 0.05) is 12.1 Å². The van der Waals surface area contributed by atoms with E-state index in [0.29, 0.717) is 5.92 Å². The quantitative estimate of drug-likeness (QED) is 0.751. The zero-order chi connectivity index (χ0) is 15.2. The van der Waals surface area contributed by atoms with Gasteiger partial charge >= 0.3 is 0 Å². The summed E-state index contributed by atoms with van der Waals surface area (Å²) in [5.74, 6) is 0.834. The van der Waals surface area contributed by atoms with E-state index < -0.39 is 0 Å². The monoisotopic (exact) mass is 283 g/mol. The smallest absolute Gasteiger partial charge is 0.237 e. The SMILES string of the molecule is CCN(CC1CCCNC1)C(C)C(=O)NC(C)(C)CC. The van der Waals surface area contributed by atoms with Crippen LogP contribution in [-0.2, 0) is 4.79 Å². The van der Waals surface area contributed by atoms with E-state index in [9.17, 15) is 4.79 Å². The molecule has 1 rings (SSSR count). The van der Waals surface area contributed by atoms with Gasteiger partial charge in [-0.1, -0.05) is 13.8 Å². The molecule has 2 N–H and O–H groups in total. The van der Waals surface area contributed by atoms with Crippen molar-refractivity contribution in [3.05, 3.63) is 0 Å². The maximum Gasteiger partial charge on any atom is 0.237 e. The summed E-state index contributed by atoms with van der Waals surface area (Å²) in [5, 5.41) is 6.61. The molecule has 0 aromatic rings. The van der Waals surface area contributed by atoms with Gasteiger partial charge in [0.05, 0.1) is 6.04 Å². The van der Waals surface area contributed by atoms with Gasteiger partial charge in [0.15, 0.2) is 0 Å². The van der Waals surface area contributed by atoms with Gasteiger partial charge < -0.3 is 10.6 Å². The fourth-order valence-corrected chi connectivity index (χ4v) is 2.66. The second-order valence-corrected chi connectivity index (χ2v) is 6.70. The molecular formula is C16H33N3O. The third kappa shape index (κ3) is 5.41. The highest BCUT2D eigenvalue weighted by Gasteiger charge is 2.27. The molecule has 4 nitrogen and oxygen atoms in total. The number of carbonyl (C=O) groups excluding carboxylic acids is 1. The molecule has 118 valence electrons. The van der Waals surface area contributed by atoms with Crippen LogP contribution in [0.1, 0.15) is 53.9 Å². The van der Waals surface area contributed by atoms with Gasteiger partial charge in [-0.25, -0.2) is 0 Å². The number of piperidine rings is 1. The number of hydrogen-bond donors (Lipinski definition) is 2. The number of nitrogens with one attached hydrogen (secondary N) is 2. The lowest BCUT2D eigenvalue weighted by Crippen LogP contribution is -2.53. The van der Waals surface area contributed by atoms with E-state index in [-0.39, 0.29) is 17.5 Å². The number of amides is 1. The lowest BCUT2D eigenvalue weighted by Gasteiger charge is -2.34. The highest BCUT2D eigenvalue weighted by molar-refractivity contribution is 5.82. The number of likely N-dealkylation sites (N-methyl/N-ethyl adjacent to an activating group) is 1. The van der Waals surface area contributed by atoms with Gasteiger partial charge in [0.25, 0.3) is 0 Å². The van der Waals surface area contributed by atoms with Gasteiger partial charge in [0.1, 0.15) is 0 Å². The first-order valence-electron chi connectivity index (χ1n) is 8.16. The second-order valence-electron chi connectivity index (χ2n) is 6.70. The fourth-order valence-electron chi connectivity index (χ4n) is 2.66. The molecule has 0 aromatic heterocycles. The predicted octanol–water partition coefficient (Wildman–Crippen LogP) is 2.00. The van der Waals surface area contributed by atoms with Gasteiger partial charge in [-0.05, 0) is 65.6 Å². The average Bonchev–Trinajstić information content (AvgIpc) is 2.44. The average molecular weight is 283 g/mol. The predicted molar refractivity (Wildman–Crippen MR) is 84.8 cm³/mol. The Labute approximate surface area is 124 Å². The van der Waals surface area contributed by atoms with Crippen molar-refractivity contribution >= 4 is 5.91 Å². The molecule has 0 bridgehead atoms. The molecule has 20 heavy (non-hydrogen) atoms. The van der Waals surface area contributed by atoms with Crippen molar-refractivity contribution in [2.75, 3.05) is 26.2 Å². The molecule has 0 radical (unpaired) electrons. The van der Waals surface area contributed by atoms with Crippen LogP contribution in [0.2, 0.25) is 0 Å². The molecule has 1 heterocycles. The molecule has 0 aliphatic carbocycles. The van der Waals surface area contributed by atoms with Crippen molar-refractivity contribution < 1.29 is 4.79 Å². The number of hydrogen-bond acceptors (Lipinski definition) is 3. The highest BCUT2D eigenvalue weighted by atomic mass is 16.2. The Kier molecular flexibility index (Phi) is 6.96. The van der Waals surface area contributed by atoms with Crippen LogP contribution in [0.15, 0.2) is 0 Å². The van der Waals surface area contributed by atoms with E-state index in [1.54, 1.807) is 0 Å². The fraction of sp³-hybridized carbons (Fsp3) is 0.938. The minimum atomic E-state index is -0.114. The van der Waals surface area contributed by atoms with Crippen LogP contribution >= 0.6 is 0 Å². The minimum Gasteiger partial charge on any atom is -0.350 e. The summed E-state index contributed by atoms with van der Waals surface area (Å²) in [5.41, 5.74) is -0.114. The Morgan fingerprint density at radius 3 is 2.65 bits per heavy atom. The number of nitrogens with zero attached hydrogens (tertiary/aromatic N) is 1. The van der Waals surface area contributed by atoms with E-state index in [2.05, 4.69) is 43.2 Å². The maximum absolute atomic E-state index is 12.4. The molecule has 2 atom stereocenters. The summed E-state index contributed by atoms with van der Waals surface area (Å²) < 4.78 is 0. The van der Waals surface area contributed by atoms with Crippen LogP contribution < -0.4 is 10.6 Å². The van der Waals surface area contributed by atoms with E-state index >= 15 is 0 Å². The van der Waals surface area contributed by atoms with Crippen LogP contribution in [0.5, 0.6) is 0 Å². The topological polar surface area (TPSA) is 44.4 Å². The van der Waals surface area contributed by atoms with Gasteiger partial charge in [-0.3, -0.25) is 9.69 Å². The first-order valence-corrected chi connectivity index (χ1v) is 8.16. The summed E-state index contributed by atoms with van der Waals surface area (Å²) in [6.07, 6.45) is 3.48. The molecule has 0 saturated carbocycles. The van der Waals surface area contributed by atoms with Gasteiger partial charge in [0.2, 0.25) is 5.91 Å². The molecule has 0 spiro atoms. The lowest BCUT2D eigenvalue weighted by atomic mass is 9.98. The molecule has 1 saturated heterocycles. The van der Waals surface area contributed by atoms with Crippen molar-refractivity contribution in [3.8, 4) is 0 Å². The molecule has 1 amide bonds. The molecular weight excluding hydrogens is 250 g/mol. The van der Waals surface area contributed by atoms with Crippen LogP contribution in [0.4, 0.5) is 0 Å². The van der Waals surface area contributed by atoms with Gasteiger partial charge in [-0.2, -0.15) is 0 Å². The zero-order valence-corrected chi connectivity index (χ0v) is 14.0. The Morgan fingerprint density at radius 1 is 1.45 bits per heavy atom. The van der Waals surface area contributed by atoms with Crippen molar-refractivity contribution in [2.24, 2.45) is 5.92 Å². The molecule has 1 aliphatic rings. The summed E-state index contributed by atoms with van der Waals surface area (Å²) in [7, 11) is 0. The molecule has 0 aromatic carbocycles. The zero-order valence-electron chi connectivity index (χ0n) is 14.0. The molecule has 1 fully saturated rings. The number of rotatable bonds is 7. The largest absolute Gasteiger partial charge is 0.350 e. The van der Waals surface area contributed by atoms with Crippen molar-refractivity contribution in [1.29, 1.82) is 0 Å². The molecule has 1 aliphatic heterocycles. The molecule has 4 heteroatoms. The summed E-state index contributed by atoms with van der Waals surface area (Å²) in [6, 6.07) is -0.0484. The Bertz CT molecular complexity index is 298. The Morgan fingerprint density at radius 2 is 2.15 bits per heavy atom. The van der Waals surface area contributed by atoms with Crippen LogP contribution in [0.3, 0.4) is 0 Å². The van der Waals surface area contributed by atoms with E-state index in [1.165, 1.54) is 12.8 Å². The lowest BCUT2D eigenvalue weighted by molar-refractivity contribution is -0.127. The van der Waals surface area contributed by atoms with Crippen LogP contribution in [-0.4, -0.2) is 48.6 Å². The van der Waals surface area contributed by atoms with E-state index in [4.69, 9.17) is 0 Å². The summed E-state index contributed by atoms with van der Waals surface area (Å²) in [4.78, 5) is 14.7. The first-order chi connectivity index (χ1) is 9.39. The summed E-state index contributed by atoms with van der Waals surface area (Å²) in [6.45, 7) is 14.6. The minimum absolute atomic E-state index is 0.0484. The van der Waals surface area contributed by atoms with Crippen molar-refractivity contribution in [2.45, 2.75) is 65.5 Å². The second kappa shape index (κ2) is 7.99. The highest BCUT2D eigenvalue weighted by Crippen LogP contribution is 2.14. The standard InChI is InChI=1S/C16H33N3O/c1-6-16(4,5)18-15(20)13(3)19(7-2)12-14-9-8-10-17-11-14/h13-14,17H,6-12H2,1-5H3,(H,18,20). The Balaban J connectivity index is 2.52. The van der Waals surface area contributed by atoms with Crippen LogP contribution in [0, 0.1) is 5.92 Å².